The van der Waals surface area contributed by atoms with Crippen molar-refractivity contribution >= 4 is 34.9 Å². The number of benzene rings is 1. The van der Waals surface area contributed by atoms with E-state index >= 15 is 0 Å². The quantitative estimate of drug-likeness (QED) is 0.640. The molecule has 2 amide bonds. The van der Waals surface area contributed by atoms with Gasteiger partial charge in [-0.15, -0.1) is 11.3 Å². The van der Waals surface area contributed by atoms with Crippen molar-refractivity contribution in [3.63, 3.8) is 0 Å². The van der Waals surface area contributed by atoms with E-state index in [2.05, 4.69) is 10.3 Å². The van der Waals surface area contributed by atoms with Gasteiger partial charge in [-0.2, -0.15) is 0 Å². The summed E-state index contributed by atoms with van der Waals surface area (Å²) in [5, 5.41) is 6.92. The molecule has 2 N–H and O–H groups in total. The summed E-state index contributed by atoms with van der Waals surface area (Å²) in [4.78, 5) is 27.3. The van der Waals surface area contributed by atoms with Gasteiger partial charge in [0.05, 0.1) is 22.9 Å². The molecule has 0 aliphatic rings. The van der Waals surface area contributed by atoms with Gasteiger partial charge in [0.1, 0.15) is 0 Å². The lowest BCUT2D eigenvalue weighted by atomic mass is 10.2. The molecule has 0 aliphatic heterocycles. The first-order valence-electron chi connectivity index (χ1n) is 6.68. The van der Waals surface area contributed by atoms with Gasteiger partial charge in [-0.25, -0.2) is 18.2 Å². The molecule has 2 rings (SSSR count). The first kappa shape index (κ1) is 17.7. The van der Waals surface area contributed by atoms with Gasteiger partial charge in [-0.3, -0.25) is 9.59 Å². The van der Waals surface area contributed by atoms with Crippen molar-refractivity contribution in [1.82, 2.24) is 10.3 Å². The number of anilines is 1. The van der Waals surface area contributed by atoms with Crippen molar-refractivity contribution < 1.29 is 22.8 Å². The maximum Gasteiger partial charge on any atom is 0.244 e. The molecule has 1 aromatic heterocycles. The topological polar surface area (TPSA) is 71.1 Å². The molecular formula is C15H12F3N3O2S. The minimum atomic E-state index is -1.68. The number of halogens is 3. The molecule has 0 fully saturated rings. The minimum Gasteiger partial charge on any atom is -0.343 e. The lowest BCUT2D eigenvalue weighted by Gasteiger charge is -2.07. The molecule has 0 saturated heterocycles. The van der Waals surface area contributed by atoms with Crippen LogP contribution in [0.4, 0.5) is 18.9 Å². The highest BCUT2D eigenvalue weighted by molar-refractivity contribution is 7.09. The number of amides is 2. The molecule has 0 bridgehead atoms. The van der Waals surface area contributed by atoms with Crippen LogP contribution in [0.25, 0.3) is 6.08 Å². The number of thiazole rings is 1. The lowest BCUT2D eigenvalue weighted by molar-refractivity contribution is -0.121. The zero-order chi connectivity index (χ0) is 17.7. The Morgan fingerprint density at radius 3 is 2.67 bits per heavy atom. The molecule has 24 heavy (non-hydrogen) atoms. The van der Waals surface area contributed by atoms with Gasteiger partial charge in [-0.05, 0) is 25.1 Å². The highest BCUT2D eigenvalue weighted by Gasteiger charge is 2.15. The molecule has 126 valence electrons. The number of nitrogens with one attached hydrogen (secondary N) is 2. The average molecular weight is 355 g/mol. The van der Waals surface area contributed by atoms with Crippen molar-refractivity contribution in [2.24, 2.45) is 0 Å². The van der Waals surface area contributed by atoms with Crippen LogP contribution in [0, 0.1) is 24.4 Å². The maximum absolute atomic E-state index is 13.4. The van der Waals surface area contributed by atoms with Crippen LogP contribution in [-0.2, 0) is 9.59 Å². The predicted molar refractivity (Wildman–Crippen MR) is 83.8 cm³/mol. The summed E-state index contributed by atoms with van der Waals surface area (Å²) in [6.45, 7) is 1.36. The number of rotatable bonds is 5. The Balaban J connectivity index is 1.86. The Bertz CT molecular complexity index is 805. The SMILES string of the molecule is Cc1nc(/C=C/C(=O)NCC(=O)Nc2ccc(F)c(F)c2F)cs1. The summed E-state index contributed by atoms with van der Waals surface area (Å²) in [6.07, 6.45) is 2.67. The van der Waals surface area contributed by atoms with E-state index in [1.165, 1.54) is 23.5 Å². The van der Waals surface area contributed by atoms with Crippen molar-refractivity contribution in [2.45, 2.75) is 6.92 Å². The summed E-state index contributed by atoms with van der Waals surface area (Å²) in [5.41, 5.74) is 0.0996. The Hall–Kier alpha value is -2.68. The summed E-state index contributed by atoms with van der Waals surface area (Å²) >= 11 is 1.43. The van der Waals surface area contributed by atoms with Crippen LogP contribution in [0.3, 0.4) is 0 Å². The zero-order valence-corrected chi connectivity index (χ0v) is 13.2. The zero-order valence-electron chi connectivity index (χ0n) is 12.4. The fraction of sp³-hybridized carbons (Fsp3) is 0.133. The third-order valence-electron chi connectivity index (χ3n) is 2.77. The van der Waals surface area contributed by atoms with Gasteiger partial charge in [0.15, 0.2) is 17.5 Å². The van der Waals surface area contributed by atoms with E-state index < -0.39 is 41.5 Å². The van der Waals surface area contributed by atoms with Gasteiger partial charge in [0, 0.05) is 11.5 Å². The fourth-order valence-corrected chi connectivity index (χ4v) is 2.24. The van der Waals surface area contributed by atoms with Crippen molar-refractivity contribution in [2.75, 3.05) is 11.9 Å². The van der Waals surface area contributed by atoms with Gasteiger partial charge in [0.2, 0.25) is 11.8 Å². The van der Waals surface area contributed by atoms with E-state index in [0.29, 0.717) is 11.8 Å². The number of carbonyl (C=O) groups is 2. The molecule has 5 nitrogen and oxygen atoms in total. The van der Waals surface area contributed by atoms with Crippen molar-refractivity contribution in [3.8, 4) is 0 Å². The van der Waals surface area contributed by atoms with Crippen LogP contribution in [-0.4, -0.2) is 23.3 Å². The molecule has 9 heteroatoms. The summed E-state index contributed by atoms with van der Waals surface area (Å²) in [5.74, 6) is -5.89. The van der Waals surface area contributed by atoms with Gasteiger partial charge in [-0.1, -0.05) is 0 Å². The number of aryl methyl sites for hydroxylation is 1. The second kappa shape index (κ2) is 7.73. The minimum absolute atomic E-state index is 0.461. The average Bonchev–Trinajstić information content (AvgIpc) is 2.97. The first-order chi connectivity index (χ1) is 11.4. The van der Waals surface area contributed by atoms with Crippen LogP contribution < -0.4 is 10.6 Å². The normalized spacial score (nSPS) is 10.8. The smallest absolute Gasteiger partial charge is 0.244 e. The van der Waals surface area contributed by atoms with E-state index in [-0.39, 0.29) is 0 Å². The number of hydrogen-bond donors (Lipinski definition) is 2. The summed E-state index contributed by atoms with van der Waals surface area (Å²) in [7, 11) is 0. The largest absolute Gasteiger partial charge is 0.343 e. The third-order valence-corrected chi connectivity index (χ3v) is 3.57. The third kappa shape index (κ3) is 4.66. The van der Waals surface area contributed by atoms with Crippen LogP contribution in [0.5, 0.6) is 0 Å². The predicted octanol–water partition coefficient (Wildman–Crippen LogP) is 2.64. The standard InChI is InChI=1S/C15H12F3N3O2S/c1-8-20-9(7-24-8)2-5-12(22)19-6-13(23)21-11-4-3-10(16)14(17)15(11)18/h2-5,7H,6H2,1H3,(H,19,22)(H,21,23)/b5-2+. The number of aromatic nitrogens is 1. The van der Waals surface area contributed by atoms with Crippen LogP contribution in [0.1, 0.15) is 10.7 Å². The molecule has 0 atom stereocenters. The molecular weight excluding hydrogens is 343 g/mol. The van der Waals surface area contributed by atoms with Gasteiger partial charge in [0.25, 0.3) is 0 Å². The Morgan fingerprint density at radius 2 is 2.00 bits per heavy atom. The molecule has 0 saturated carbocycles. The number of carbonyl (C=O) groups excluding carboxylic acids is 2. The highest BCUT2D eigenvalue weighted by atomic mass is 32.1. The monoisotopic (exact) mass is 355 g/mol. The van der Waals surface area contributed by atoms with E-state index in [9.17, 15) is 22.8 Å². The molecule has 0 radical (unpaired) electrons. The molecule has 0 spiro atoms. The van der Waals surface area contributed by atoms with E-state index in [1.807, 2.05) is 12.2 Å². The van der Waals surface area contributed by atoms with Gasteiger partial charge < -0.3 is 10.6 Å². The Labute approximate surface area is 139 Å². The first-order valence-corrected chi connectivity index (χ1v) is 7.56. The molecule has 0 unspecified atom stereocenters. The summed E-state index contributed by atoms with van der Waals surface area (Å²) < 4.78 is 39.2. The van der Waals surface area contributed by atoms with E-state index in [4.69, 9.17) is 0 Å². The van der Waals surface area contributed by atoms with Crippen LogP contribution >= 0.6 is 11.3 Å². The van der Waals surface area contributed by atoms with Crippen molar-refractivity contribution in [3.05, 3.63) is 51.7 Å². The number of nitrogens with zero attached hydrogens (tertiary/aromatic N) is 1. The maximum atomic E-state index is 13.4. The highest BCUT2D eigenvalue weighted by Crippen LogP contribution is 2.19. The molecule has 0 aliphatic carbocycles. The Morgan fingerprint density at radius 1 is 1.25 bits per heavy atom. The molecule has 1 aromatic carbocycles. The van der Waals surface area contributed by atoms with Crippen molar-refractivity contribution in [1.29, 1.82) is 0 Å². The molecule has 1 heterocycles. The summed E-state index contributed by atoms with van der Waals surface area (Å²) in [6, 6.07) is 1.57. The number of hydrogen-bond acceptors (Lipinski definition) is 4. The second-order valence-corrected chi connectivity index (χ2v) is 5.68. The molecule has 2 aromatic rings. The lowest BCUT2D eigenvalue weighted by Crippen LogP contribution is -2.32. The fourth-order valence-electron chi connectivity index (χ4n) is 1.66. The Kier molecular flexibility index (Phi) is 5.69. The van der Waals surface area contributed by atoms with E-state index in [0.717, 1.165) is 11.1 Å². The van der Waals surface area contributed by atoms with E-state index in [1.54, 1.807) is 5.38 Å². The van der Waals surface area contributed by atoms with Crippen LogP contribution in [0.15, 0.2) is 23.6 Å². The second-order valence-electron chi connectivity index (χ2n) is 4.61. The van der Waals surface area contributed by atoms with Crippen LogP contribution in [0.2, 0.25) is 0 Å². The van der Waals surface area contributed by atoms with Gasteiger partial charge >= 0.3 is 0 Å².